The second-order valence-electron chi connectivity index (χ2n) is 20.1. The van der Waals surface area contributed by atoms with Crippen LogP contribution in [0.3, 0.4) is 0 Å². The predicted octanol–water partition coefficient (Wildman–Crippen LogP) is 10.3. The summed E-state index contributed by atoms with van der Waals surface area (Å²) in [5.41, 5.74) is 0. The Morgan fingerprint density at radius 3 is 1.12 bits per heavy atom. The number of esters is 6. The second kappa shape index (κ2) is 43.5. The molecule has 6 atom stereocenters. The highest BCUT2D eigenvalue weighted by Gasteiger charge is 2.53. The van der Waals surface area contributed by atoms with Gasteiger partial charge >= 0.3 is 35.8 Å². The monoisotopic (exact) mass is 1070 g/mol. The lowest BCUT2D eigenvalue weighted by Crippen LogP contribution is -2.63. The van der Waals surface area contributed by atoms with E-state index in [4.69, 9.17) is 37.9 Å². The van der Waals surface area contributed by atoms with Crippen LogP contribution in [-0.2, 0) is 85.8 Å². The Balaban J connectivity index is 3.47. The van der Waals surface area contributed by atoms with Crippen molar-refractivity contribution in [1.82, 2.24) is 0 Å². The fraction of sp³-hybridized carbons (Fsp3) is 0.825. The normalized spacial score (nSPS) is 17.5. The molecule has 1 aliphatic heterocycles. The van der Waals surface area contributed by atoms with Crippen molar-refractivity contribution < 1.29 is 85.8 Å². The Morgan fingerprint density at radius 1 is 0.360 bits per heavy atom. The minimum Gasteiger partial charge on any atom is -0.463 e. The van der Waals surface area contributed by atoms with Crippen LogP contribution in [0.25, 0.3) is 0 Å². The van der Waals surface area contributed by atoms with E-state index >= 15 is 0 Å². The number of carbonyl (C=O) groups is 10. The molecule has 1 unspecified atom stereocenters. The molecule has 1 fully saturated rings. The van der Waals surface area contributed by atoms with Crippen molar-refractivity contribution >= 4 is 58.9 Å². The Labute approximate surface area is 447 Å². The van der Waals surface area contributed by atoms with Gasteiger partial charge < -0.3 is 57.1 Å². The first-order chi connectivity index (χ1) is 35.9. The molecule has 1 aliphatic rings. The zero-order valence-corrected chi connectivity index (χ0v) is 46.6. The minimum atomic E-state index is -1.78. The summed E-state index contributed by atoms with van der Waals surface area (Å²) in [7, 11) is 0. The summed E-state index contributed by atoms with van der Waals surface area (Å²) in [4.78, 5) is 127. The van der Waals surface area contributed by atoms with Gasteiger partial charge in [-0.3, -0.25) is 28.8 Å². The summed E-state index contributed by atoms with van der Waals surface area (Å²) in [5, 5.41) is 0. The van der Waals surface area contributed by atoms with Crippen LogP contribution < -0.4 is 0 Å². The molecule has 18 nitrogen and oxygen atoms in total. The molecule has 1 saturated heterocycles. The van der Waals surface area contributed by atoms with Gasteiger partial charge in [0.2, 0.25) is 0 Å². The van der Waals surface area contributed by atoms with E-state index in [-0.39, 0.29) is 68.1 Å². The van der Waals surface area contributed by atoms with E-state index in [2.05, 4.69) is 13.8 Å². The highest BCUT2D eigenvalue weighted by molar-refractivity contribution is 5.83. The van der Waals surface area contributed by atoms with Crippen LogP contribution in [0.15, 0.2) is 0 Å². The van der Waals surface area contributed by atoms with Gasteiger partial charge in [0.15, 0.2) is 30.7 Å². The fourth-order valence-electron chi connectivity index (χ4n) is 8.23. The standard InChI is InChI=1S/C57H94O18/c1-7-9-11-13-15-17-19-21-23-25-27-29-48(62)68-39-46(71-50(64)30-28-26-24-22-20-18-16-14-12-10-8-2)40-70-57-56(75-53(67)38-34-45(6)61)55(74-52(66)37-33-44(5)60)54(73-51(65)36-32-43(4)59)47(72-57)41-69-49(63)35-31-42(3)58/h46-47,54-57H,7-41H2,1-6H3/t46?,47-,54+,55+,56-,57-/m1/s1. The molecular weight excluding hydrogens is 973 g/mol. The Kier molecular flexibility index (Phi) is 39.7. The van der Waals surface area contributed by atoms with Gasteiger partial charge in [-0.2, -0.15) is 0 Å². The first-order valence-electron chi connectivity index (χ1n) is 28.3. The van der Waals surface area contributed by atoms with E-state index < -0.39 is 112 Å². The molecule has 0 N–H and O–H groups in total. The molecule has 0 saturated carbocycles. The van der Waals surface area contributed by atoms with Gasteiger partial charge in [-0.1, -0.05) is 142 Å². The minimum absolute atomic E-state index is 0.0720. The fourth-order valence-corrected chi connectivity index (χ4v) is 8.23. The molecule has 0 aromatic heterocycles. The number of unbranched alkanes of at least 4 members (excludes halogenated alkanes) is 20. The Morgan fingerprint density at radius 2 is 0.707 bits per heavy atom. The molecule has 0 aliphatic carbocycles. The Hall–Kier alpha value is -4.58. The van der Waals surface area contributed by atoms with Crippen LogP contribution >= 0.6 is 0 Å². The predicted molar refractivity (Wildman–Crippen MR) is 278 cm³/mol. The molecule has 0 amide bonds. The van der Waals surface area contributed by atoms with Crippen molar-refractivity contribution in [3.05, 3.63) is 0 Å². The van der Waals surface area contributed by atoms with Crippen molar-refractivity contribution in [1.29, 1.82) is 0 Å². The van der Waals surface area contributed by atoms with Gasteiger partial charge in [-0.25, -0.2) is 0 Å². The lowest BCUT2D eigenvalue weighted by atomic mass is 9.97. The van der Waals surface area contributed by atoms with Gasteiger partial charge in [-0.15, -0.1) is 0 Å². The lowest BCUT2D eigenvalue weighted by Gasteiger charge is -2.44. The molecule has 0 aromatic carbocycles. The summed E-state index contributed by atoms with van der Waals surface area (Å²) < 4.78 is 46.8. The van der Waals surface area contributed by atoms with Gasteiger partial charge in [-0.05, 0) is 40.5 Å². The summed E-state index contributed by atoms with van der Waals surface area (Å²) in [6, 6.07) is 0. The van der Waals surface area contributed by atoms with E-state index in [1.807, 2.05) is 0 Å². The molecule has 430 valence electrons. The first-order valence-corrected chi connectivity index (χ1v) is 28.3. The maximum Gasteiger partial charge on any atom is 0.306 e. The third kappa shape index (κ3) is 36.9. The summed E-state index contributed by atoms with van der Waals surface area (Å²) in [6.45, 7) is 7.85. The zero-order valence-electron chi connectivity index (χ0n) is 46.6. The van der Waals surface area contributed by atoms with E-state index in [0.717, 1.165) is 51.4 Å². The number of Topliss-reactive ketones (excluding diaryl/α,β-unsaturated/α-hetero) is 4. The van der Waals surface area contributed by atoms with Crippen LogP contribution in [0, 0.1) is 0 Å². The van der Waals surface area contributed by atoms with Gasteiger partial charge in [0.25, 0.3) is 0 Å². The molecule has 0 radical (unpaired) electrons. The number of ketones is 4. The largest absolute Gasteiger partial charge is 0.463 e. The van der Waals surface area contributed by atoms with E-state index in [1.165, 1.54) is 105 Å². The molecule has 0 bridgehead atoms. The summed E-state index contributed by atoms with van der Waals surface area (Å²) in [5.74, 6) is -6.16. The van der Waals surface area contributed by atoms with Gasteiger partial charge in [0.1, 0.15) is 42.5 Å². The van der Waals surface area contributed by atoms with Crippen LogP contribution in [0.5, 0.6) is 0 Å². The highest BCUT2D eigenvalue weighted by Crippen LogP contribution is 2.31. The van der Waals surface area contributed by atoms with Crippen molar-refractivity contribution in [2.24, 2.45) is 0 Å². The maximum absolute atomic E-state index is 13.4. The van der Waals surface area contributed by atoms with Crippen molar-refractivity contribution in [3.63, 3.8) is 0 Å². The summed E-state index contributed by atoms with van der Waals surface area (Å²) >= 11 is 0. The molecule has 1 rings (SSSR count). The van der Waals surface area contributed by atoms with Crippen LogP contribution in [-0.4, -0.2) is 116 Å². The van der Waals surface area contributed by atoms with E-state index in [1.54, 1.807) is 0 Å². The Bertz CT molecular complexity index is 1690. The number of ether oxygens (including phenoxy) is 8. The van der Waals surface area contributed by atoms with Gasteiger partial charge in [0.05, 0.1) is 32.3 Å². The van der Waals surface area contributed by atoms with Crippen molar-refractivity contribution in [2.75, 3.05) is 19.8 Å². The third-order valence-corrected chi connectivity index (χ3v) is 12.7. The number of rotatable bonds is 47. The average Bonchev–Trinajstić information content (AvgIpc) is 3.36. The van der Waals surface area contributed by atoms with Crippen LogP contribution in [0.1, 0.15) is 247 Å². The topological polar surface area (TPSA) is 245 Å². The smallest absolute Gasteiger partial charge is 0.306 e. The number of hydrogen-bond acceptors (Lipinski definition) is 18. The van der Waals surface area contributed by atoms with Gasteiger partial charge in [0, 0.05) is 38.5 Å². The molecular formula is C57H94O18. The number of carbonyl (C=O) groups excluding carboxylic acids is 10. The SMILES string of the molecule is CCCCCCCCCCCCCC(=O)OCC(CO[C@@H]1O[C@H](COC(=O)CCC(C)=O)[C@H](OC(=O)CCC(C)=O)[C@H](OC(=O)CCC(C)=O)[C@H]1OC(=O)CCC(C)=O)OC(=O)CCCCCCCCCCCCC. The zero-order chi connectivity index (χ0) is 55.6. The van der Waals surface area contributed by atoms with E-state index in [0.29, 0.717) is 12.8 Å². The third-order valence-electron chi connectivity index (χ3n) is 12.7. The maximum atomic E-state index is 13.4. The molecule has 75 heavy (non-hydrogen) atoms. The summed E-state index contributed by atoms with van der Waals surface area (Å²) in [6.07, 6.45) is 12.0. The first kappa shape index (κ1) is 68.4. The number of hydrogen-bond donors (Lipinski definition) is 0. The lowest BCUT2D eigenvalue weighted by molar-refractivity contribution is -0.312. The molecule has 18 heteroatoms. The van der Waals surface area contributed by atoms with Crippen LogP contribution in [0.2, 0.25) is 0 Å². The quantitative estimate of drug-likeness (QED) is 0.0312. The highest BCUT2D eigenvalue weighted by atomic mass is 16.7. The van der Waals surface area contributed by atoms with E-state index in [9.17, 15) is 47.9 Å². The molecule has 0 spiro atoms. The van der Waals surface area contributed by atoms with Crippen molar-refractivity contribution in [3.8, 4) is 0 Å². The second-order valence-corrected chi connectivity index (χ2v) is 20.1. The van der Waals surface area contributed by atoms with Crippen molar-refractivity contribution in [2.45, 2.75) is 284 Å². The average molecular weight is 1070 g/mol. The molecule has 1 heterocycles. The van der Waals surface area contributed by atoms with Crippen LogP contribution in [0.4, 0.5) is 0 Å². The molecule has 0 aromatic rings.